The average Bonchev–Trinajstić information content (AvgIpc) is 3.47. The first-order chi connectivity index (χ1) is 21.0. The number of hydrogen-bond donors (Lipinski definition) is 1. The van der Waals surface area contributed by atoms with Gasteiger partial charge in [0.15, 0.2) is 0 Å². The normalized spacial score (nSPS) is 21.7. The maximum Gasteiger partial charge on any atom is 0.416 e. The number of nitrogens with one attached hydrogen (secondary N) is 1. The van der Waals surface area contributed by atoms with Gasteiger partial charge in [0.05, 0.1) is 22.2 Å². The molecule has 0 spiro atoms. The minimum absolute atomic E-state index is 0.0960. The Hall–Kier alpha value is -3.78. The van der Waals surface area contributed by atoms with Crippen molar-refractivity contribution in [2.45, 2.75) is 74.4 Å². The second kappa shape index (κ2) is 12.0. The SMILES string of the molecule is O=C1NC=CN(S(=O)(=O)c2cccc(C(F)(F)F)c2)[C@@H]1Cc1cn([C@@H]2CCCc3cc(CN4CCC(F)CC4)ccc32)nn1. The second-order valence-electron chi connectivity index (χ2n) is 11.5. The molecule has 6 rings (SSSR count). The highest BCUT2D eigenvalue weighted by molar-refractivity contribution is 7.89. The Balaban J connectivity index is 1.20. The van der Waals surface area contributed by atoms with E-state index in [0.29, 0.717) is 24.6 Å². The molecule has 3 aliphatic rings. The van der Waals surface area contributed by atoms with Crippen LogP contribution in [0.4, 0.5) is 17.6 Å². The molecule has 0 bridgehead atoms. The molecule has 1 aliphatic carbocycles. The van der Waals surface area contributed by atoms with Gasteiger partial charge < -0.3 is 5.32 Å². The lowest BCUT2D eigenvalue weighted by Crippen LogP contribution is -2.50. The summed E-state index contributed by atoms with van der Waals surface area (Å²) in [6, 6.07) is 8.44. The number of carbonyl (C=O) groups excluding carboxylic acids is 1. The van der Waals surface area contributed by atoms with Crippen LogP contribution in [0.15, 0.2) is 66.0 Å². The van der Waals surface area contributed by atoms with E-state index in [2.05, 4.69) is 38.7 Å². The minimum Gasteiger partial charge on any atom is -0.329 e. The van der Waals surface area contributed by atoms with Crippen LogP contribution in [-0.2, 0) is 40.4 Å². The van der Waals surface area contributed by atoms with Crippen molar-refractivity contribution in [3.05, 3.63) is 89.0 Å². The van der Waals surface area contributed by atoms with Gasteiger partial charge in [-0.1, -0.05) is 29.5 Å². The van der Waals surface area contributed by atoms with Gasteiger partial charge in [0.25, 0.3) is 10.0 Å². The highest BCUT2D eigenvalue weighted by Gasteiger charge is 2.38. The Bertz CT molecular complexity index is 1670. The van der Waals surface area contributed by atoms with Crippen LogP contribution in [0.2, 0.25) is 0 Å². The molecule has 234 valence electrons. The predicted octanol–water partition coefficient (Wildman–Crippen LogP) is 4.36. The molecule has 0 saturated carbocycles. The van der Waals surface area contributed by atoms with Crippen LogP contribution in [0.1, 0.15) is 59.7 Å². The molecule has 2 aromatic carbocycles. The van der Waals surface area contributed by atoms with Crippen molar-refractivity contribution in [2.75, 3.05) is 13.1 Å². The lowest BCUT2D eigenvalue weighted by atomic mass is 9.86. The molecule has 1 saturated heterocycles. The van der Waals surface area contributed by atoms with E-state index < -0.39 is 44.8 Å². The lowest BCUT2D eigenvalue weighted by Gasteiger charge is -2.31. The number of benzene rings is 2. The molecule has 2 atom stereocenters. The number of piperidine rings is 1. The van der Waals surface area contributed by atoms with Gasteiger partial charge >= 0.3 is 6.18 Å². The summed E-state index contributed by atoms with van der Waals surface area (Å²) in [5.41, 5.74) is 2.77. The Morgan fingerprint density at radius 2 is 1.84 bits per heavy atom. The fraction of sp³-hybridized carbons (Fsp3) is 0.433. The predicted molar refractivity (Wildman–Crippen MR) is 152 cm³/mol. The summed E-state index contributed by atoms with van der Waals surface area (Å²) in [6.07, 6.45) is 2.18. The number of carbonyl (C=O) groups is 1. The van der Waals surface area contributed by atoms with E-state index in [9.17, 15) is 30.8 Å². The van der Waals surface area contributed by atoms with Crippen LogP contribution in [0.5, 0.6) is 0 Å². The van der Waals surface area contributed by atoms with Crippen molar-refractivity contribution in [1.82, 2.24) is 29.5 Å². The summed E-state index contributed by atoms with van der Waals surface area (Å²) in [4.78, 5) is 14.5. The summed E-state index contributed by atoms with van der Waals surface area (Å²) < 4.78 is 82.8. The molecule has 0 unspecified atom stereocenters. The fourth-order valence-corrected chi connectivity index (χ4v) is 7.68. The third-order valence-corrected chi connectivity index (χ3v) is 10.3. The van der Waals surface area contributed by atoms with E-state index in [1.807, 2.05) is 0 Å². The number of rotatable bonds is 7. The van der Waals surface area contributed by atoms with Crippen molar-refractivity contribution in [3.63, 3.8) is 0 Å². The Labute approximate surface area is 252 Å². The number of fused-ring (bicyclic) bond motifs is 1. The van der Waals surface area contributed by atoms with Crippen LogP contribution >= 0.6 is 0 Å². The van der Waals surface area contributed by atoms with Gasteiger partial charge in [-0.25, -0.2) is 17.5 Å². The standard InChI is InChI=1S/C30H32F4N6O3S/c31-23-9-12-38(13-10-23)18-20-7-8-26-21(15-20)3-1-6-27(26)39-19-24(36-37-39)17-28-29(41)35-11-14-40(28)44(42,43)25-5-2-4-22(16-25)30(32,33)34/h2,4-5,7-8,11,14-16,19,23,27-28H,1,3,6,9-10,12-13,17-18H2,(H,35,41)/t27-,28-/m1/s1. The van der Waals surface area contributed by atoms with Crippen molar-refractivity contribution in [3.8, 4) is 0 Å². The Kier molecular flexibility index (Phi) is 8.22. The molecule has 2 aliphatic heterocycles. The summed E-state index contributed by atoms with van der Waals surface area (Å²) in [7, 11) is -4.51. The van der Waals surface area contributed by atoms with Crippen LogP contribution < -0.4 is 5.32 Å². The molecule has 1 N–H and O–H groups in total. The number of sulfonamides is 1. The molecular weight excluding hydrogens is 600 g/mol. The minimum atomic E-state index is -4.73. The number of aryl methyl sites for hydroxylation is 1. The average molecular weight is 633 g/mol. The number of aromatic nitrogens is 3. The zero-order valence-corrected chi connectivity index (χ0v) is 24.6. The quantitative estimate of drug-likeness (QED) is 0.389. The zero-order valence-electron chi connectivity index (χ0n) is 23.8. The number of amides is 1. The van der Waals surface area contributed by atoms with Crippen molar-refractivity contribution < 1.29 is 30.8 Å². The topological polar surface area (TPSA) is 100 Å². The van der Waals surface area contributed by atoms with E-state index in [1.54, 1.807) is 10.9 Å². The number of hydrogen-bond acceptors (Lipinski definition) is 6. The molecule has 1 fully saturated rings. The summed E-state index contributed by atoms with van der Waals surface area (Å²) in [6.45, 7) is 2.27. The number of nitrogens with zero attached hydrogens (tertiary/aromatic N) is 5. The monoisotopic (exact) mass is 632 g/mol. The summed E-state index contributed by atoms with van der Waals surface area (Å²) in [5, 5.41) is 11.0. The smallest absolute Gasteiger partial charge is 0.329 e. The fourth-order valence-electron chi connectivity index (χ4n) is 6.18. The molecular formula is C30H32F4N6O3S. The highest BCUT2D eigenvalue weighted by atomic mass is 32.2. The first-order valence-corrected chi connectivity index (χ1v) is 16.0. The highest BCUT2D eigenvalue weighted by Crippen LogP contribution is 2.34. The first-order valence-electron chi connectivity index (χ1n) is 14.6. The molecule has 3 heterocycles. The van der Waals surface area contributed by atoms with Gasteiger partial charge in [-0.05, 0) is 67.0 Å². The van der Waals surface area contributed by atoms with E-state index in [4.69, 9.17) is 0 Å². The van der Waals surface area contributed by atoms with Crippen LogP contribution in [-0.4, -0.2) is 63.8 Å². The molecule has 0 radical (unpaired) electrons. The Morgan fingerprint density at radius 3 is 2.61 bits per heavy atom. The van der Waals surface area contributed by atoms with Crippen molar-refractivity contribution >= 4 is 15.9 Å². The number of likely N-dealkylation sites (tertiary alicyclic amines) is 1. The van der Waals surface area contributed by atoms with Crippen LogP contribution in [0, 0.1) is 0 Å². The summed E-state index contributed by atoms with van der Waals surface area (Å²) in [5.74, 6) is -0.635. The van der Waals surface area contributed by atoms with Crippen molar-refractivity contribution in [1.29, 1.82) is 0 Å². The van der Waals surface area contributed by atoms with Crippen LogP contribution in [0.3, 0.4) is 0 Å². The maximum atomic E-state index is 13.5. The van der Waals surface area contributed by atoms with Crippen molar-refractivity contribution in [2.24, 2.45) is 0 Å². The third kappa shape index (κ3) is 6.23. The van der Waals surface area contributed by atoms with Gasteiger partial charge in [0, 0.05) is 44.7 Å². The maximum absolute atomic E-state index is 13.5. The molecule has 3 aromatic rings. The molecule has 14 heteroatoms. The van der Waals surface area contributed by atoms with E-state index in [0.717, 1.165) is 79.4 Å². The Morgan fingerprint density at radius 1 is 1.05 bits per heavy atom. The van der Waals surface area contributed by atoms with E-state index >= 15 is 0 Å². The van der Waals surface area contributed by atoms with Gasteiger partial charge in [-0.15, -0.1) is 5.10 Å². The van der Waals surface area contributed by atoms with Gasteiger partial charge in [0.2, 0.25) is 5.91 Å². The van der Waals surface area contributed by atoms with Crippen LogP contribution in [0.25, 0.3) is 0 Å². The number of alkyl halides is 4. The second-order valence-corrected chi connectivity index (χ2v) is 13.3. The number of halogens is 4. The molecule has 1 amide bonds. The molecule has 44 heavy (non-hydrogen) atoms. The van der Waals surface area contributed by atoms with Gasteiger partial charge in [-0.3, -0.25) is 14.0 Å². The largest absolute Gasteiger partial charge is 0.416 e. The van der Waals surface area contributed by atoms with Gasteiger partial charge in [0.1, 0.15) is 12.2 Å². The first kappa shape index (κ1) is 30.3. The third-order valence-electron chi connectivity index (χ3n) is 8.49. The lowest BCUT2D eigenvalue weighted by molar-refractivity contribution is -0.137. The molecule has 1 aromatic heterocycles. The van der Waals surface area contributed by atoms with E-state index in [-0.39, 0.29) is 12.5 Å². The van der Waals surface area contributed by atoms with Gasteiger partial charge in [-0.2, -0.15) is 13.2 Å². The van der Waals surface area contributed by atoms with E-state index in [1.165, 1.54) is 11.1 Å². The zero-order chi connectivity index (χ0) is 31.1. The molecule has 9 nitrogen and oxygen atoms in total. The summed E-state index contributed by atoms with van der Waals surface area (Å²) >= 11 is 0.